The Hall–Kier alpha value is -2.80. The molecule has 0 unspecified atom stereocenters. The molecule has 4 heteroatoms. The number of rotatable bonds is 3. The van der Waals surface area contributed by atoms with E-state index in [1.807, 2.05) is 12.1 Å². The van der Waals surface area contributed by atoms with Crippen LogP contribution in [0.25, 0.3) is 0 Å². The second kappa shape index (κ2) is 5.69. The van der Waals surface area contributed by atoms with E-state index in [0.29, 0.717) is 17.7 Å². The van der Waals surface area contributed by atoms with Gasteiger partial charge >= 0.3 is 0 Å². The normalized spacial score (nSPS) is 9.63. The summed E-state index contributed by atoms with van der Waals surface area (Å²) in [5.74, 6) is -0.211. The number of phenolic OH excluding ortho intramolecular Hbond substituents is 1. The summed E-state index contributed by atoms with van der Waals surface area (Å²) in [4.78, 5) is 11.8. The highest BCUT2D eigenvalue weighted by atomic mass is 16.3. The largest absolute Gasteiger partial charge is 0.508 e. The number of carbonyl (C=O) groups is 1. The molecule has 0 fully saturated rings. The van der Waals surface area contributed by atoms with Crippen LogP contribution >= 0.6 is 0 Å². The number of phenols is 1. The van der Waals surface area contributed by atoms with Crippen molar-refractivity contribution < 1.29 is 9.90 Å². The molecule has 0 saturated carbocycles. The Morgan fingerprint density at radius 2 is 2.00 bits per heavy atom. The maximum absolute atomic E-state index is 11.8. The van der Waals surface area contributed by atoms with Crippen molar-refractivity contribution in [3.63, 3.8) is 0 Å². The molecule has 94 valence electrons. The van der Waals surface area contributed by atoms with Crippen LogP contribution in [-0.4, -0.2) is 11.0 Å². The topological polar surface area (TPSA) is 73.1 Å². The van der Waals surface area contributed by atoms with Crippen LogP contribution in [0.3, 0.4) is 0 Å². The molecule has 2 rings (SSSR count). The lowest BCUT2D eigenvalue weighted by atomic mass is 10.1. The first-order valence-electron chi connectivity index (χ1n) is 5.75. The average Bonchev–Trinajstić information content (AvgIpc) is 2.45. The third-order valence-corrected chi connectivity index (χ3v) is 2.62. The third-order valence-electron chi connectivity index (χ3n) is 2.62. The molecule has 0 aliphatic carbocycles. The molecule has 2 N–H and O–H groups in total. The van der Waals surface area contributed by atoms with Gasteiger partial charge in [0, 0.05) is 12.1 Å². The van der Waals surface area contributed by atoms with Gasteiger partial charge in [-0.05, 0) is 35.9 Å². The number of aromatic hydroxyl groups is 1. The van der Waals surface area contributed by atoms with Crippen molar-refractivity contribution in [3.05, 3.63) is 65.2 Å². The van der Waals surface area contributed by atoms with Gasteiger partial charge in [0.25, 0.3) is 5.91 Å². The Balaban J connectivity index is 2.02. The third kappa shape index (κ3) is 3.33. The van der Waals surface area contributed by atoms with Gasteiger partial charge in [-0.25, -0.2) is 0 Å². The molecular formula is C15H12N2O2. The van der Waals surface area contributed by atoms with Crippen LogP contribution in [-0.2, 0) is 6.54 Å². The number of nitrogens with zero attached hydrogens (tertiary/aromatic N) is 1. The molecule has 0 aliphatic heterocycles. The number of amides is 1. The zero-order valence-electron chi connectivity index (χ0n) is 10.1. The molecule has 0 bridgehead atoms. The van der Waals surface area contributed by atoms with E-state index in [1.165, 1.54) is 12.1 Å². The van der Waals surface area contributed by atoms with Crippen LogP contribution in [0.2, 0.25) is 0 Å². The summed E-state index contributed by atoms with van der Waals surface area (Å²) in [6, 6.07) is 15.2. The van der Waals surface area contributed by atoms with E-state index >= 15 is 0 Å². The van der Waals surface area contributed by atoms with Crippen molar-refractivity contribution in [2.24, 2.45) is 0 Å². The predicted molar refractivity (Wildman–Crippen MR) is 70.4 cm³/mol. The van der Waals surface area contributed by atoms with E-state index < -0.39 is 0 Å². The highest BCUT2D eigenvalue weighted by molar-refractivity contribution is 5.94. The van der Waals surface area contributed by atoms with E-state index in [1.54, 1.807) is 30.3 Å². The van der Waals surface area contributed by atoms with Crippen molar-refractivity contribution in [2.45, 2.75) is 6.54 Å². The average molecular weight is 252 g/mol. The zero-order chi connectivity index (χ0) is 13.7. The minimum absolute atomic E-state index is 0.0547. The van der Waals surface area contributed by atoms with Gasteiger partial charge in [-0.15, -0.1) is 0 Å². The monoisotopic (exact) mass is 252 g/mol. The molecule has 0 radical (unpaired) electrons. The van der Waals surface area contributed by atoms with Gasteiger partial charge in [0.1, 0.15) is 5.75 Å². The minimum atomic E-state index is -0.265. The Labute approximate surface area is 110 Å². The first-order valence-corrected chi connectivity index (χ1v) is 5.75. The number of benzene rings is 2. The number of carbonyl (C=O) groups excluding carboxylic acids is 1. The van der Waals surface area contributed by atoms with E-state index in [4.69, 9.17) is 5.26 Å². The first kappa shape index (κ1) is 12.7. The summed E-state index contributed by atoms with van der Waals surface area (Å²) in [5, 5.41) is 20.8. The van der Waals surface area contributed by atoms with E-state index in [9.17, 15) is 9.90 Å². The molecule has 2 aromatic carbocycles. The van der Waals surface area contributed by atoms with Gasteiger partial charge < -0.3 is 10.4 Å². The Morgan fingerprint density at radius 3 is 2.74 bits per heavy atom. The summed E-state index contributed by atoms with van der Waals surface area (Å²) in [5.41, 5.74) is 1.81. The van der Waals surface area contributed by atoms with Crippen molar-refractivity contribution in [3.8, 4) is 11.8 Å². The summed E-state index contributed by atoms with van der Waals surface area (Å²) >= 11 is 0. The maximum Gasteiger partial charge on any atom is 0.251 e. The van der Waals surface area contributed by atoms with Gasteiger partial charge in [-0.3, -0.25) is 4.79 Å². The van der Waals surface area contributed by atoms with Gasteiger partial charge in [-0.2, -0.15) is 5.26 Å². The Kier molecular flexibility index (Phi) is 3.79. The van der Waals surface area contributed by atoms with Gasteiger partial charge in [0.05, 0.1) is 11.6 Å². The molecule has 0 atom stereocenters. The Bertz CT molecular complexity index is 645. The number of hydrogen-bond donors (Lipinski definition) is 2. The number of nitriles is 1. The van der Waals surface area contributed by atoms with Crippen LogP contribution in [0.4, 0.5) is 0 Å². The van der Waals surface area contributed by atoms with Crippen molar-refractivity contribution in [2.75, 3.05) is 0 Å². The van der Waals surface area contributed by atoms with E-state index in [0.717, 1.165) is 5.56 Å². The smallest absolute Gasteiger partial charge is 0.251 e. The van der Waals surface area contributed by atoms with Crippen molar-refractivity contribution in [1.29, 1.82) is 5.26 Å². The fourth-order valence-electron chi connectivity index (χ4n) is 1.68. The molecule has 0 aromatic heterocycles. The summed E-state index contributed by atoms with van der Waals surface area (Å²) in [7, 11) is 0. The standard InChI is InChI=1S/C15H12N2O2/c16-9-11-3-1-4-12(7-11)10-17-15(19)13-5-2-6-14(18)8-13/h1-8,18H,10H2,(H,17,19). The molecule has 2 aromatic rings. The van der Waals surface area contributed by atoms with Crippen LogP contribution in [0, 0.1) is 11.3 Å². The van der Waals surface area contributed by atoms with Crippen LogP contribution in [0.1, 0.15) is 21.5 Å². The SMILES string of the molecule is N#Cc1cccc(CNC(=O)c2cccc(O)c2)c1. The lowest BCUT2D eigenvalue weighted by Gasteiger charge is -2.06. The summed E-state index contributed by atoms with van der Waals surface area (Å²) < 4.78 is 0. The van der Waals surface area contributed by atoms with Gasteiger partial charge in [-0.1, -0.05) is 18.2 Å². The quantitative estimate of drug-likeness (QED) is 0.879. The van der Waals surface area contributed by atoms with Crippen LogP contribution in [0.5, 0.6) is 5.75 Å². The molecule has 0 aliphatic rings. The molecule has 1 amide bonds. The highest BCUT2D eigenvalue weighted by Crippen LogP contribution is 2.11. The van der Waals surface area contributed by atoms with Gasteiger partial charge in [0.2, 0.25) is 0 Å². The summed E-state index contributed by atoms with van der Waals surface area (Å²) in [6.45, 7) is 0.337. The maximum atomic E-state index is 11.8. The fraction of sp³-hybridized carbons (Fsp3) is 0.0667. The summed E-state index contributed by atoms with van der Waals surface area (Å²) in [6.07, 6.45) is 0. The lowest BCUT2D eigenvalue weighted by Crippen LogP contribution is -2.22. The second-order valence-electron chi connectivity index (χ2n) is 4.05. The van der Waals surface area contributed by atoms with Gasteiger partial charge in [0.15, 0.2) is 0 Å². The molecule has 4 nitrogen and oxygen atoms in total. The molecule has 19 heavy (non-hydrogen) atoms. The zero-order valence-corrected chi connectivity index (χ0v) is 10.1. The number of hydrogen-bond acceptors (Lipinski definition) is 3. The highest BCUT2D eigenvalue weighted by Gasteiger charge is 2.05. The molecule has 0 saturated heterocycles. The molecular weight excluding hydrogens is 240 g/mol. The van der Waals surface area contributed by atoms with Crippen LogP contribution < -0.4 is 5.32 Å². The first-order chi connectivity index (χ1) is 9.19. The second-order valence-corrected chi connectivity index (χ2v) is 4.05. The van der Waals surface area contributed by atoms with Crippen molar-refractivity contribution >= 4 is 5.91 Å². The predicted octanol–water partition coefficient (Wildman–Crippen LogP) is 2.19. The van der Waals surface area contributed by atoms with Crippen LogP contribution in [0.15, 0.2) is 48.5 Å². The Morgan fingerprint density at radius 1 is 1.21 bits per heavy atom. The minimum Gasteiger partial charge on any atom is -0.508 e. The fourth-order valence-corrected chi connectivity index (χ4v) is 1.68. The van der Waals surface area contributed by atoms with Crippen molar-refractivity contribution in [1.82, 2.24) is 5.32 Å². The lowest BCUT2D eigenvalue weighted by molar-refractivity contribution is 0.0950. The van der Waals surface area contributed by atoms with E-state index in [2.05, 4.69) is 5.32 Å². The molecule has 0 spiro atoms. The van der Waals surface area contributed by atoms with E-state index in [-0.39, 0.29) is 11.7 Å². The number of nitrogens with one attached hydrogen (secondary N) is 1. The molecule has 0 heterocycles.